The van der Waals surface area contributed by atoms with Crippen molar-refractivity contribution in [2.45, 2.75) is 26.4 Å². The average Bonchev–Trinajstić information content (AvgIpc) is 2.09. The summed E-state index contributed by atoms with van der Waals surface area (Å²) in [5.74, 6) is 0.985. The van der Waals surface area contributed by atoms with Crippen LogP contribution in [0.3, 0.4) is 0 Å². The van der Waals surface area contributed by atoms with Gasteiger partial charge in [-0.15, -0.1) is 0 Å². The number of hydrogen-bond acceptors (Lipinski definition) is 1. The molecule has 1 aromatic carbocycles. The van der Waals surface area contributed by atoms with E-state index in [9.17, 15) is 0 Å². The van der Waals surface area contributed by atoms with Crippen molar-refractivity contribution in [2.24, 2.45) is 0 Å². The van der Waals surface area contributed by atoms with Crippen LogP contribution in [0.5, 0.6) is 5.75 Å². The standard InChI is InChI=1S/C10H13O.Bi/c1-3-9(2)11-10-7-5-4-6-8-10;/h5-9H,3H2,1-2H3;. The van der Waals surface area contributed by atoms with E-state index in [2.05, 4.69) is 26.0 Å². The first kappa shape index (κ1) is 9.99. The van der Waals surface area contributed by atoms with Crippen LogP contribution in [0, 0.1) is 0 Å². The first-order valence-electron chi connectivity index (χ1n) is 4.18. The predicted octanol–water partition coefficient (Wildman–Crippen LogP) is 1.66. The van der Waals surface area contributed by atoms with Crippen LogP contribution < -0.4 is 8.01 Å². The first-order chi connectivity index (χ1) is 5.72. The van der Waals surface area contributed by atoms with E-state index in [0.717, 1.165) is 12.2 Å². The van der Waals surface area contributed by atoms with Crippen molar-refractivity contribution in [1.82, 2.24) is 0 Å². The molecule has 1 unspecified atom stereocenters. The van der Waals surface area contributed by atoms with Gasteiger partial charge in [-0.1, -0.05) is 0 Å². The molecule has 1 rings (SSSR count). The van der Waals surface area contributed by atoms with Gasteiger partial charge in [-0.25, -0.2) is 0 Å². The summed E-state index contributed by atoms with van der Waals surface area (Å²) < 4.78 is 7.01. The molecule has 0 aromatic heterocycles. The Morgan fingerprint density at radius 1 is 1.33 bits per heavy atom. The monoisotopic (exact) mass is 358 g/mol. The molecule has 0 aliphatic rings. The van der Waals surface area contributed by atoms with Crippen molar-refractivity contribution in [2.75, 3.05) is 0 Å². The second kappa shape index (κ2) is 4.81. The molecule has 1 nitrogen and oxygen atoms in total. The number of rotatable bonds is 3. The second-order valence-electron chi connectivity index (χ2n) is 2.83. The quantitative estimate of drug-likeness (QED) is 0.747. The molecule has 1 aromatic rings. The Balaban J connectivity index is 2.58. The Morgan fingerprint density at radius 2 is 1.92 bits per heavy atom. The van der Waals surface area contributed by atoms with E-state index in [1.54, 1.807) is 0 Å². The van der Waals surface area contributed by atoms with Crippen LogP contribution in [0.25, 0.3) is 0 Å². The number of hydrogen-bond donors (Lipinski definition) is 0. The van der Waals surface area contributed by atoms with Gasteiger partial charge in [0.1, 0.15) is 0 Å². The molecule has 0 saturated carbocycles. The summed E-state index contributed by atoms with van der Waals surface area (Å²) >= 11 is 1.31. The zero-order valence-electron chi connectivity index (χ0n) is 7.45. The molecule has 0 fully saturated rings. The van der Waals surface area contributed by atoms with Crippen LogP contribution in [0.4, 0.5) is 0 Å². The molecule has 0 aliphatic heterocycles. The fourth-order valence-electron chi connectivity index (χ4n) is 0.840. The van der Waals surface area contributed by atoms with E-state index >= 15 is 0 Å². The van der Waals surface area contributed by atoms with Gasteiger partial charge >= 0.3 is 89.1 Å². The van der Waals surface area contributed by atoms with E-state index in [1.165, 1.54) is 28.0 Å². The first-order valence-corrected chi connectivity index (χ1v) is 5.92. The van der Waals surface area contributed by atoms with Crippen LogP contribution in [-0.4, -0.2) is 30.8 Å². The van der Waals surface area contributed by atoms with E-state index < -0.39 is 0 Å². The van der Waals surface area contributed by atoms with Gasteiger partial charge in [0.25, 0.3) is 0 Å². The van der Waals surface area contributed by atoms with E-state index in [0.29, 0.717) is 6.10 Å². The van der Waals surface area contributed by atoms with E-state index in [1.807, 2.05) is 12.1 Å². The summed E-state index contributed by atoms with van der Waals surface area (Å²) in [5.41, 5.74) is 0. The molecule has 0 N–H and O–H groups in total. The molecular formula is C10H13BiO. The summed E-state index contributed by atoms with van der Waals surface area (Å²) in [4.78, 5) is 0. The Morgan fingerprint density at radius 3 is 2.42 bits per heavy atom. The van der Waals surface area contributed by atoms with Crippen LogP contribution in [-0.2, 0) is 0 Å². The topological polar surface area (TPSA) is 9.23 Å². The average molecular weight is 358 g/mol. The SMILES string of the molecule is CCC(C)Oc1cc[c]([Bi])cc1. The van der Waals surface area contributed by atoms with Gasteiger partial charge in [0, 0.05) is 0 Å². The number of benzene rings is 1. The Hall–Kier alpha value is -0.0969. The van der Waals surface area contributed by atoms with Gasteiger partial charge in [0.2, 0.25) is 0 Å². The molecular weight excluding hydrogens is 345 g/mol. The van der Waals surface area contributed by atoms with Crippen molar-refractivity contribution in [1.29, 1.82) is 0 Å². The zero-order valence-corrected chi connectivity index (χ0v) is 10.9. The summed E-state index contributed by atoms with van der Waals surface area (Å²) in [6.45, 7) is 4.22. The minimum absolute atomic E-state index is 0.322. The number of ether oxygens (including phenoxy) is 1. The van der Waals surface area contributed by atoms with Gasteiger partial charge in [0.15, 0.2) is 0 Å². The molecule has 2 radical (unpaired) electrons. The molecule has 0 bridgehead atoms. The van der Waals surface area contributed by atoms with Crippen molar-refractivity contribution >= 4 is 28.0 Å². The molecule has 0 heterocycles. The maximum absolute atomic E-state index is 5.63. The molecule has 0 spiro atoms. The molecule has 2 heteroatoms. The Kier molecular flexibility index (Phi) is 4.01. The summed E-state index contributed by atoms with van der Waals surface area (Å²) in [6.07, 6.45) is 1.38. The summed E-state index contributed by atoms with van der Waals surface area (Å²) in [5, 5.41) is 0. The van der Waals surface area contributed by atoms with Crippen LogP contribution >= 0.6 is 0 Å². The summed E-state index contributed by atoms with van der Waals surface area (Å²) in [7, 11) is 0. The fourth-order valence-corrected chi connectivity index (χ4v) is 1.42. The molecule has 0 aliphatic carbocycles. The van der Waals surface area contributed by atoms with E-state index in [4.69, 9.17) is 4.74 Å². The third-order valence-electron chi connectivity index (χ3n) is 1.75. The van der Waals surface area contributed by atoms with Crippen LogP contribution in [0.2, 0.25) is 0 Å². The van der Waals surface area contributed by atoms with Crippen LogP contribution in [0.1, 0.15) is 20.3 Å². The van der Waals surface area contributed by atoms with Gasteiger partial charge in [-0.2, -0.15) is 0 Å². The van der Waals surface area contributed by atoms with Crippen molar-refractivity contribution in [3.05, 3.63) is 24.3 Å². The molecule has 12 heavy (non-hydrogen) atoms. The molecule has 1 atom stereocenters. The maximum atomic E-state index is 5.63. The fraction of sp³-hybridized carbons (Fsp3) is 0.400. The van der Waals surface area contributed by atoms with Crippen molar-refractivity contribution in [3.63, 3.8) is 0 Å². The Labute approximate surface area is 89.0 Å². The normalized spacial score (nSPS) is 12.6. The minimum atomic E-state index is 0.322. The Bertz CT molecular complexity index is 230. The molecule has 0 amide bonds. The second-order valence-corrected chi connectivity index (χ2v) is 4.84. The van der Waals surface area contributed by atoms with Crippen molar-refractivity contribution in [3.8, 4) is 5.75 Å². The third-order valence-corrected chi connectivity index (χ3v) is 2.91. The van der Waals surface area contributed by atoms with E-state index in [-0.39, 0.29) is 0 Å². The summed E-state index contributed by atoms with van der Waals surface area (Å²) in [6, 6.07) is 8.32. The van der Waals surface area contributed by atoms with Gasteiger partial charge < -0.3 is 0 Å². The van der Waals surface area contributed by atoms with Gasteiger partial charge in [-0.05, 0) is 0 Å². The van der Waals surface area contributed by atoms with Crippen molar-refractivity contribution < 1.29 is 4.74 Å². The predicted molar refractivity (Wildman–Crippen MR) is 52.2 cm³/mol. The molecule has 64 valence electrons. The van der Waals surface area contributed by atoms with Gasteiger partial charge in [-0.3, -0.25) is 0 Å². The third kappa shape index (κ3) is 3.10. The zero-order chi connectivity index (χ0) is 8.97. The van der Waals surface area contributed by atoms with Crippen LogP contribution in [0.15, 0.2) is 24.3 Å². The van der Waals surface area contributed by atoms with Gasteiger partial charge in [0.05, 0.1) is 0 Å². The molecule has 0 saturated heterocycles.